The molecule has 100 valence electrons. The third-order valence-corrected chi connectivity index (χ3v) is 3.69. The van der Waals surface area contributed by atoms with Crippen molar-refractivity contribution in [3.05, 3.63) is 57.0 Å². The second-order valence-corrected chi connectivity index (χ2v) is 5.32. The van der Waals surface area contributed by atoms with Crippen molar-refractivity contribution >= 4 is 5.78 Å². The summed E-state index contributed by atoms with van der Waals surface area (Å²) in [5.74, 6) is 1.60. The fourth-order valence-corrected chi connectivity index (χ4v) is 2.79. The van der Waals surface area contributed by atoms with Gasteiger partial charge in [-0.05, 0) is 52.7 Å². The summed E-state index contributed by atoms with van der Waals surface area (Å²) < 4.78 is 5.57. The maximum absolute atomic E-state index is 12.8. The topological polar surface area (TPSA) is 30.2 Å². The zero-order valence-corrected chi connectivity index (χ0v) is 12.5. The van der Waals surface area contributed by atoms with E-state index < -0.39 is 0 Å². The minimum absolute atomic E-state index is 0.0712. The van der Waals surface area contributed by atoms with E-state index in [1.54, 1.807) is 0 Å². The van der Waals surface area contributed by atoms with E-state index in [4.69, 9.17) is 4.42 Å². The largest absolute Gasteiger partial charge is 0.466 e. The smallest absolute Gasteiger partial charge is 0.197 e. The van der Waals surface area contributed by atoms with Crippen LogP contribution in [0.1, 0.15) is 49.7 Å². The van der Waals surface area contributed by atoms with Gasteiger partial charge in [0.05, 0.1) is 5.56 Å². The van der Waals surface area contributed by atoms with Crippen LogP contribution < -0.4 is 0 Å². The molecule has 1 aromatic carbocycles. The molecule has 2 nitrogen and oxygen atoms in total. The van der Waals surface area contributed by atoms with Gasteiger partial charge in [-0.25, -0.2) is 0 Å². The number of carbonyl (C=O) groups is 1. The molecule has 2 aromatic rings. The van der Waals surface area contributed by atoms with Crippen molar-refractivity contribution < 1.29 is 9.21 Å². The third-order valence-electron chi connectivity index (χ3n) is 3.69. The summed E-state index contributed by atoms with van der Waals surface area (Å²) in [6, 6.07) is 4.11. The summed E-state index contributed by atoms with van der Waals surface area (Å²) >= 11 is 0. The van der Waals surface area contributed by atoms with Crippen LogP contribution in [-0.2, 0) is 0 Å². The fourth-order valence-electron chi connectivity index (χ4n) is 2.79. The minimum atomic E-state index is 0.0712. The van der Waals surface area contributed by atoms with E-state index in [9.17, 15) is 4.79 Å². The molecule has 0 amide bonds. The van der Waals surface area contributed by atoms with Gasteiger partial charge in [-0.2, -0.15) is 0 Å². The van der Waals surface area contributed by atoms with Crippen molar-refractivity contribution in [2.45, 2.75) is 41.5 Å². The van der Waals surface area contributed by atoms with Gasteiger partial charge in [-0.1, -0.05) is 17.7 Å². The quantitative estimate of drug-likeness (QED) is 0.747. The third kappa shape index (κ3) is 2.23. The van der Waals surface area contributed by atoms with E-state index in [1.807, 2.05) is 41.5 Å². The van der Waals surface area contributed by atoms with Crippen LogP contribution in [0.2, 0.25) is 0 Å². The SMILES string of the molecule is Cc1cc(C)c(C(=O)c2c(C)oc(C)c2C)c(C)c1. The van der Waals surface area contributed by atoms with Gasteiger partial charge in [-0.3, -0.25) is 4.79 Å². The van der Waals surface area contributed by atoms with E-state index in [0.717, 1.165) is 28.0 Å². The van der Waals surface area contributed by atoms with Crippen molar-refractivity contribution in [1.29, 1.82) is 0 Å². The van der Waals surface area contributed by atoms with Crippen LogP contribution in [0.4, 0.5) is 0 Å². The van der Waals surface area contributed by atoms with Crippen LogP contribution in [0.5, 0.6) is 0 Å². The van der Waals surface area contributed by atoms with E-state index in [0.29, 0.717) is 11.3 Å². The summed E-state index contributed by atoms with van der Waals surface area (Å²) in [6.45, 7) is 11.7. The summed E-state index contributed by atoms with van der Waals surface area (Å²) in [5, 5.41) is 0. The van der Waals surface area contributed by atoms with Gasteiger partial charge < -0.3 is 4.42 Å². The van der Waals surface area contributed by atoms with Crippen molar-refractivity contribution in [3.8, 4) is 0 Å². The minimum Gasteiger partial charge on any atom is -0.466 e. The first-order valence-corrected chi connectivity index (χ1v) is 6.52. The van der Waals surface area contributed by atoms with Gasteiger partial charge in [0.15, 0.2) is 5.78 Å². The molecule has 19 heavy (non-hydrogen) atoms. The number of benzene rings is 1. The first-order chi connectivity index (χ1) is 8.82. The zero-order chi connectivity index (χ0) is 14.3. The molecule has 2 heteroatoms. The van der Waals surface area contributed by atoms with Gasteiger partial charge in [0.25, 0.3) is 0 Å². The molecule has 0 aliphatic carbocycles. The van der Waals surface area contributed by atoms with E-state index in [2.05, 4.69) is 12.1 Å². The maximum Gasteiger partial charge on any atom is 0.197 e. The standard InChI is InChI=1S/C17H20O2/c1-9-7-10(2)15(11(3)8-9)17(18)16-12(4)13(5)19-14(16)6/h7-8H,1-6H3. The second-order valence-electron chi connectivity index (χ2n) is 5.32. The lowest BCUT2D eigenvalue weighted by Gasteiger charge is -2.10. The molecule has 0 bridgehead atoms. The van der Waals surface area contributed by atoms with Crippen molar-refractivity contribution in [2.75, 3.05) is 0 Å². The van der Waals surface area contributed by atoms with Crippen molar-refractivity contribution in [1.82, 2.24) is 0 Å². The Morgan fingerprint density at radius 2 is 1.37 bits per heavy atom. The van der Waals surface area contributed by atoms with Crippen molar-refractivity contribution in [2.24, 2.45) is 0 Å². The molecule has 0 N–H and O–H groups in total. The molecule has 0 spiro atoms. The number of carbonyl (C=O) groups excluding carboxylic acids is 1. The lowest BCUT2D eigenvalue weighted by molar-refractivity contribution is 0.103. The molecule has 0 aliphatic rings. The molecular weight excluding hydrogens is 236 g/mol. The van der Waals surface area contributed by atoms with Gasteiger partial charge in [0.1, 0.15) is 11.5 Å². The molecule has 0 fully saturated rings. The van der Waals surface area contributed by atoms with E-state index in [-0.39, 0.29) is 5.78 Å². The molecule has 0 aliphatic heterocycles. The van der Waals surface area contributed by atoms with Gasteiger partial charge in [0.2, 0.25) is 0 Å². The van der Waals surface area contributed by atoms with Gasteiger partial charge >= 0.3 is 0 Å². The highest BCUT2D eigenvalue weighted by Crippen LogP contribution is 2.27. The van der Waals surface area contributed by atoms with E-state index in [1.165, 1.54) is 5.56 Å². The van der Waals surface area contributed by atoms with Crippen molar-refractivity contribution in [3.63, 3.8) is 0 Å². The zero-order valence-electron chi connectivity index (χ0n) is 12.5. The van der Waals surface area contributed by atoms with Crippen LogP contribution in [0.25, 0.3) is 0 Å². The Morgan fingerprint density at radius 1 is 0.842 bits per heavy atom. The highest BCUT2D eigenvalue weighted by Gasteiger charge is 2.22. The highest BCUT2D eigenvalue weighted by atomic mass is 16.3. The summed E-state index contributed by atoms with van der Waals surface area (Å²) in [6.07, 6.45) is 0. The molecule has 0 saturated carbocycles. The Kier molecular flexibility index (Phi) is 3.36. The summed E-state index contributed by atoms with van der Waals surface area (Å²) in [7, 11) is 0. The van der Waals surface area contributed by atoms with Crippen LogP contribution in [0.3, 0.4) is 0 Å². The Balaban J connectivity index is 2.63. The van der Waals surface area contributed by atoms with Crippen LogP contribution >= 0.6 is 0 Å². The summed E-state index contributed by atoms with van der Waals surface area (Å²) in [5.41, 5.74) is 5.70. The Labute approximate surface area is 114 Å². The summed E-state index contributed by atoms with van der Waals surface area (Å²) in [4.78, 5) is 12.8. The van der Waals surface area contributed by atoms with Crippen LogP contribution in [0.15, 0.2) is 16.5 Å². The van der Waals surface area contributed by atoms with Gasteiger partial charge in [0, 0.05) is 11.1 Å². The Bertz CT molecular complexity index is 637. The molecule has 0 radical (unpaired) electrons. The monoisotopic (exact) mass is 256 g/mol. The predicted octanol–water partition coefficient (Wildman–Crippen LogP) is 4.36. The van der Waals surface area contributed by atoms with Crippen LogP contribution in [-0.4, -0.2) is 5.78 Å². The van der Waals surface area contributed by atoms with E-state index >= 15 is 0 Å². The number of hydrogen-bond donors (Lipinski definition) is 0. The van der Waals surface area contributed by atoms with Gasteiger partial charge in [-0.15, -0.1) is 0 Å². The number of ketones is 1. The first kappa shape index (κ1) is 13.6. The molecule has 1 aromatic heterocycles. The molecule has 2 rings (SSSR count). The second kappa shape index (κ2) is 4.69. The predicted molar refractivity (Wildman–Crippen MR) is 77.0 cm³/mol. The normalized spacial score (nSPS) is 10.8. The number of aryl methyl sites for hydroxylation is 5. The molecule has 0 saturated heterocycles. The number of furan rings is 1. The number of hydrogen-bond acceptors (Lipinski definition) is 2. The Morgan fingerprint density at radius 3 is 1.79 bits per heavy atom. The fraction of sp³-hybridized carbons (Fsp3) is 0.353. The highest BCUT2D eigenvalue weighted by molar-refractivity contribution is 6.12. The average Bonchev–Trinajstić information content (AvgIpc) is 2.51. The molecule has 0 atom stereocenters. The molecule has 1 heterocycles. The first-order valence-electron chi connectivity index (χ1n) is 6.52. The Hall–Kier alpha value is -1.83. The van der Waals surface area contributed by atoms with Crippen LogP contribution in [0, 0.1) is 41.5 Å². The lowest BCUT2D eigenvalue weighted by atomic mass is 9.91. The molecular formula is C17H20O2. The maximum atomic E-state index is 12.8. The molecule has 0 unspecified atom stereocenters. The average molecular weight is 256 g/mol. The lowest BCUT2D eigenvalue weighted by Crippen LogP contribution is -2.08. The number of rotatable bonds is 2.